The first-order valence-corrected chi connectivity index (χ1v) is 10.7. The molecule has 0 radical (unpaired) electrons. The van der Waals surface area contributed by atoms with Gasteiger partial charge in [-0.25, -0.2) is 8.42 Å². The molecule has 1 aliphatic heterocycles. The molecule has 0 aromatic heterocycles. The lowest BCUT2D eigenvalue weighted by Gasteiger charge is -2.31. The number of nitro groups is 1. The minimum atomic E-state index is -3.93. The van der Waals surface area contributed by atoms with Gasteiger partial charge in [0.05, 0.1) is 23.9 Å². The van der Waals surface area contributed by atoms with Gasteiger partial charge in [0.2, 0.25) is 10.0 Å². The van der Waals surface area contributed by atoms with Gasteiger partial charge in [0.25, 0.3) is 5.69 Å². The summed E-state index contributed by atoms with van der Waals surface area (Å²) in [5.74, 6) is 0.705. The second-order valence-electron chi connectivity index (χ2n) is 6.79. The normalized spacial score (nSPS) is 15.9. The van der Waals surface area contributed by atoms with Crippen LogP contribution in [0.2, 0.25) is 0 Å². The summed E-state index contributed by atoms with van der Waals surface area (Å²) in [7, 11) is -0.441. The summed E-state index contributed by atoms with van der Waals surface area (Å²) in [6.07, 6.45) is 1.52. The lowest BCUT2D eigenvalue weighted by Crippen LogP contribution is -2.47. The molecule has 2 aromatic rings. The molecule has 3 rings (SSSR count). The number of hydrazone groups is 1. The molecule has 1 aliphatic rings. The quantitative estimate of drug-likeness (QED) is 0.403. The van der Waals surface area contributed by atoms with Gasteiger partial charge in [0.15, 0.2) is 0 Å². The number of non-ortho nitro benzene ring substituents is 1. The van der Waals surface area contributed by atoms with Crippen LogP contribution in [0, 0.1) is 10.1 Å². The first kappa shape index (κ1) is 21.7. The fraction of sp³-hybridized carbons (Fsp3) is 0.316. The van der Waals surface area contributed by atoms with Gasteiger partial charge in [-0.15, -0.1) is 0 Å². The average Bonchev–Trinajstić information content (AvgIpc) is 2.74. The Hall–Kier alpha value is -3.02. The van der Waals surface area contributed by atoms with Gasteiger partial charge in [0, 0.05) is 38.3 Å². The zero-order valence-corrected chi connectivity index (χ0v) is 17.5. The van der Waals surface area contributed by atoms with Crippen LogP contribution in [0.15, 0.2) is 52.5 Å². The molecule has 0 atom stereocenters. The van der Waals surface area contributed by atoms with Gasteiger partial charge in [-0.1, -0.05) is 0 Å². The maximum atomic E-state index is 13.2. The number of hydrogen-bond donors (Lipinski definition) is 1. The molecular weight excluding hydrogens is 410 g/mol. The molecule has 0 saturated carbocycles. The summed E-state index contributed by atoms with van der Waals surface area (Å²) in [5.41, 5.74) is 3.35. The van der Waals surface area contributed by atoms with E-state index in [1.54, 1.807) is 31.4 Å². The highest BCUT2D eigenvalue weighted by atomic mass is 32.2. The number of nitrogens with zero attached hydrogens (tertiary/aromatic N) is 4. The van der Waals surface area contributed by atoms with Crippen molar-refractivity contribution in [3.8, 4) is 5.75 Å². The molecule has 0 unspecified atom stereocenters. The van der Waals surface area contributed by atoms with Crippen molar-refractivity contribution < 1.29 is 18.1 Å². The van der Waals surface area contributed by atoms with Crippen LogP contribution in [0.25, 0.3) is 0 Å². The van der Waals surface area contributed by atoms with Crippen LogP contribution in [0.4, 0.5) is 11.4 Å². The number of piperazine rings is 1. The molecule has 1 heterocycles. The molecule has 10 nitrogen and oxygen atoms in total. The third-order valence-electron chi connectivity index (χ3n) is 4.77. The molecule has 0 amide bonds. The van der Waals surface area contributed by atoms with E-state index < -0.39 is 14.9 Å². The van der Waals surface area contributed by atoms with Crippen molar-refractivity contribution in [2.24, 2.45) is 5.10 Å². The lowest BCUT2D eigenvalue weighted by molar-refractivity contribution is -0.385. The molecule has 11 heteroatoms. The van der Waals surface area contributed by atoms with Crippen molar-refractivity contribution >= 4 is 27.6 Å². The first-order valence-electron chi connectivity index (χ1n) is 9.21. The van der Waals surface area contributed by atoms with E-state index in [1.807, 2.05) is 11.9 Å². The number of rotatable bonds is 7. The minimum Gasteiger partial charge on any atom is -0.497 e. The van der Waals surface area contributed by atoms with E-state index in [2.05, 4.69) is 10.5 Å². The monoisotopic (exact) mass is 433 g/mol. The third kappa shape index (κ3) is 4.93. The van der Waals surface area contributed by atoms with E-state index in [0.717, 1.165) is 11.6 Å². The summed E-state index contributed by atoms with van der Waals surface area (Å²) in [4.78, 5) is 12.4. The molecular formula is C19H23N5O5S. The van der Waals surface area contributed by atoms with Gasteiger partial charge < -0.3 is 9.64 Å². The highest BCUT2D eigenvalue weighted by molar-refractivity contribution is 7.89. The third-order valence-corrected chi connectivity index (χ3v) is 6.71. The van der Waals surface area contributed by atoms with E-state index >= 15 is 0 Å². The van der Waals surface area contributed by atoms with Crippen LogP contribution in [0.3, 0.4) is 0 Å². The van der Waals surface area contributed by atoms with Crippen molar-refractivity contribution in [1.82, 2.24) is 9.21 Å². The number of likely N-dealkylation sites (N-methyl/N-ethyl adjacent to an activating group) is 1. The average molecular weight is 433 g/mol. The van der Waals surface area contributed by atoms with Crippen LogP contribution in [0.5, 0.6) is 5.75 Å². The molecule has 30 heavy (non-hydrogen) atoms. The van der Waals surface area contributed by atoms with Crippen molar-refractivity contribution in [2.75, 3.05) is 45.8 Å². The van der Waals surface area contributed by atoms with Gasteiger partial charge in [0.1, 0.15) is 10.6 Å². The summed E-state index contributed by atoms with van der Waals surface area (Å²) in [6.45, 7) is 1.81. The molecule has 160 valence electrons. The maximum Gasteiger partial charge on any atom is 0.270 e. The van der Waals surface area contributed by atoms with Crippen molar-refractivity contribution in [2.45, 2.75) is 4.90 Å². The summed E-state index contributed by atoms with van der Waals surface area (Å²) >= 11 is 0. The molecule has 1 saturated heterocycles. The van der Waals surface area contributed by atoms with E-state index in [1.165, 1.54) is 22.7 Å². The smallest absolute Gasteiger partial charge is 0.270 e. The van der Waals surface area contributed by atoms with E-state index in [4.69, 9.17) is 4.74 Å². The number of methoxy groups -OCH3 is 1. The number of ether oxygens (including phenoxy) is 1. The molecule has 0 bridgehead atoms. The Kier molecular flexibility index (Phi) is 6.65. The predicted molar refractivity (Wildman–Crippen MR) is 114 cm³/mol. The topological polar surface area (TPSA) is 117 Å². The second-order valence-corrected chi connectivity index (χ2v) is 8.69. The van der Waals surface area contributed by atoms with Gasteiger partial charge in [-0.3, -0.25) is 15.5 Å². The highest BCUT2D eigenvalue weighted by Crippen LogP contribution is 2.29. The Bertz CT molecular complexity index is 1030. The predicted octanol–water partition coefficient (Wildman–Crippen LogP) is 1.99. The van der Waals surface area contributed by atoms with E-state index in [9.17, 15) is 18.5 Å². The van der Waals surface area contributed by atoms with E-state index in [0.29, 0.717) is 31.9 Å². The van der Waals surface area contributed by atoms with Gasteiger partial charge in [-0.05, 0) is 42.9 Å². The van der Waals surface area contributed by atoms with Gasteiger partial charge >= 0.3 is 0 Å². The summed E-state index contributed by atoms with van der Waals surface area (Å²) in [5, 5.41) is 15.3. The first-order chi connectivity index (χ1) is 14.3. The fourth-order valence-electron chi connectivity index (χ4n) is 2.96. The highest BCUT2D eigenvalue weighted by Gasteiger charge is 2.31. The Labute approximate surface area is 174 Å². The van der Waals surface area contributed by atoms with E-state index in [-0.39, 0.29) is 16.3 Å². The maximum absolute atomic E-state index is 13.2. The van der Waals surface area contributed by atoms with Crippen LogP contribution < -0.4 is 10.2 Å². The largest absolute Gasteiger partial charge is 0.497 e. The minimum absolute atomic E-state index is 0.171. The number of hydrogen-bond acceptors (Lipinski definition) is 8. The fourth-order valence-corrected chi connectivity index (χ4v) is 4.55. The molecule has 1 fully saturated rings. The van der Waals surface area contributed by atoms with Crippen LogP contribution in [0.1, 0.15) is 5.56 Å². The lowest BCUT2D eigenvalue weighted by atomic mass is 10.2. The SMILES string of the molecule is COc1ccc(C=NNc2ccc([N+](=O)[O-])cc2S(=O)(=O)N2CCN(C)CC2)cc1. The zero-order chi connectivity index (χ0) is 21.7. The van der Waals surface area contributed by atoms with Gasteiger partial charge in [-0.2, -0.15) is 9.41 Å². The number of sulfonamides is 1. The molecule has 0 aliphatic carbocycles. The van der Waals surface area contributed by atoms with Crippen molar-refractivity contribution in [3.63, 3.8) is 0 Å². The Morgan fingerprint density at radius 3 is 2.40 bits per heavy atom. The number of nitrogens with one attached hydrogen (secondary N) is 1. The standard InChI is InChI=1S/C19H23N5O5S/c1-22-9-11-23(12-10-22)30(27,28)19-13-16(24(25)26)5-8-18(19)21-20-14-15-3-6-17(29-2)7-4-15/h3-8,13-14,21H,9-12H2,1-2H3. The molecule has 1 N–H and O–H groups in total. The van der Waals surface area contributed by atoms with Crippen LogP contribution >= 0.6 is 0 Å². The van der Waals surface area contributed by atoms with Crippen LogP contribution in [-0.4, -0.2) is 69.1 Å². The Balaban J connectivity index is 1.88. The van der Waals surface area contributed by atoms with Crippen molar-refractivity contribution in [3.05, 3.63) is 58.1 Å². The number of anilines is 1. The van der Waals surface area contributed by atoms with Crippen LogP contribution in [-0.2, 0) is 10.0 Å². The molecule has 0 spiro atoms. The Morgan fingerprint density at radius 2 is 1.80 bits per heavy atom. The summed E-state index contributed by atoms with van der Waals surface area (Å²) in [6, 6.07) is 10.8. The zero-order valence-electron chi connectivity index (χ0n) is 16.7. The number of nitro benzene ring substituents is 1. The summed E-state index contributed by atoms with van der Waals surface area (Å²) < 4.78 is 32.8. The Morgan fingerprint density at radius 1 is 1.13 bits per heavy atom. The van der Waals surface area contributed by atoms with Crippen molar-refractivity contribution in [1.29, 1.82) is 0 Å². The molecule has 2 aromatic carbocycles. The number of benzene rings is 2. The second kappa shape index (κ2) is 9.20.